The van der Waals surface area contributed by atoms with Crippen molar-refractivity contribution in [2.45, 2.75) is 44.3 Å². The molecule has 1 aliphatic rings. The van der Waals surface area contributed by atoms with E-state index in [0.717, 1.165) is 12.5 Å². The van der Waals surface area contributed by atoms with Crippen LogP contribution in [0.5, 0.6) is 0 Å². The molecule has 0 radical (unpaired) electrons. The van der Waals surface area contributed by atoms with Crippen molar-refractivity contribution in [3.05, 3.63) is 0 Å². The zero-order chi connectivity index (χ0) is 9.03. The highest BCUT2D eigenvalue weighted by molar-refractivity contribution is 8.00. The van der Waals surface area contributed by atoms with Crippen LogP contribution < -0.4 is 5.73 Å². The van der Waals surface area contributed by atoms with Crippen molar-refractivity contribution in [1.29, 1.82) is 0 Å². The molecular weight excluding hydrogens is 166 g/mol. The minimum atomic E-state index is 0.440. The highest BCUT2D eigenvalue weighted by Gasteiger charge is 2.38. The first-order valence-corrected chi connectivity index (χ1v) is 6.08. The van der Waals surface area contributed by atoms with Crippen molar-refractivity contribution in [3.8, 4) is 0 Å². The molecule has 0 amide bonds. The fraction of sp³-hybridized carbons (Fsp3) is 1.00. The lowest BCUT2D eigenvalue weighted by Gasteiger charge is -2.31. The van der Waals surface area contributed by atoms with Gasteiger partial charge in [0.25, 0.3) is 0 Å². The molecule has 72 valence electrons. The largest absolute Gasteiger partial charge is 0.329 e. The predicted octanol–water partition coefficient (Wildman–Crippen LogP) is 2.65. The lowest BCUT2D eigenvalue weighted by Crippen LogP contribution is -2.37. The van der Waals surface area contributed by atoms with E-state index in [9.17, 15) is 0 Å². The zero-order valence-electron chi connectivity index (χ0n) is 8.31. The molecule has 2 atom stereocenters. The first kappa shape index (κ1) is 10.4. The van der Waals surface area contributed by atoms with Crippen LogP contribution in [0.4, 0.5) is 0 Å². The van der Waals surface area contributed by atoms with E-state index in [-0.39, 0.29) is 0 Å². The molecule has 1 rings (SSSR count). The van der Waals surface area contributed by atoms with Gasteiger partial charge in [-0.1, -0.05) is 20.3 Å². The first-order chi connectivity index (χ1) is 5.75. The monoisotopic (exact) mass is 187 g/mol. The Bertz CT molecular complexity index is 138. The van der Waals surface area contributed by atoms with E-state index in [1.165, 1.54) is 31.4 Å². The summed E-state index contributed by atoms with van der Waals surface area (Å²) < 4.78 is 0.440. The van der Waals surface area contributed by atoms with Crippen molar-refractivity contribution in [2.75, 3.05) is 12.3 Å². The Morgan fingerprint density at radius 1 is 1.58 bits per heavy atom. The second kappa shape index (κ2) is 4.52. The van der Waals surface area contributed by atoms with Crippen LogP contribution in [0.15, 0.2) is 0 Å². The van der Waals surface area contributed by atoms with E-state index < -0.39 is 0 Å². The SMILES string of the molecule is CCCSC1(CN)CCCC1C. The van der Waals surface area contributed by atoms with Gasteiger partial charge < -0.3 is 5.73 Å². The van der Waals surface area contributed by atoms with Crippen LogP contribution in [0.1, 0.15) is 39.5 Å². The standard InChI is InChI=1S/C10H21NS/c1-3-7-12-10(8-11)6-4-5-9(10)2/h9H,3-8,11H2,1-2H3. The molecule has 1 nitrogen and oxygen atoms in total. The number of hydrogen-bond donors (Lipinski definition) is 1. The van der Waals surface area contributed by atoms with Crippen LogP contribution in [0, 0.1) is 5.92 Å². The number of rotatable bonds is 4. The Hall–Kier alpha value is 0.310. The fourth-order valence-corrected chi connectivity index (χ4v) is 3.52. The maximum absolute atomic E-state index is 5.88. The van der Waals surface area contributed by atoms with Crippen LogP contribution in [0.3, 0.4) is 0 Å². The quantitative estimate of drug-likeness (QED) is 0.732. The molecule has 1 saturated carbocycles. The van der Waals surface area contributed by atoms with Gasteiger partial charge in [0.15, 0.2) is 0 Å². The third-order valence-electron chi connectivity index (χ3n) is 3.07. The Labute approximate surface area is 80.5 Å². The molecule has 0 spiro atoms. The molecule has 0 bridgehead atoms. The van der Waals surface area contributed by atoms with Gasteiger partial charge in [-0.25, -0.2) is 0 Å². The Morgan fingerprint density at radius 2 is 2.33 bits per heavy atom. The molecular formula is C10H21NS. The van der Waals surface area contributed by atoms with Gasteiger partial charge in [-0.15, -0.1) is 0 Å². The van der Waals surface area contributed by atoms with Crippen molar-refractivity contribution >= 4 is 11.8 Å². The van der Waals surface area contributed by atoms with Gasteiger partial charge in [-0.2, -0.15) is 11.8 Å². The van der Waals surface area contributed by atoms with Gasteiger partial charge in [0, 0.05) is 11.3 Å². The lowest BCUT2D eigenvalue weighted by atomic mass is 9.97. The normalized spacial score (nSPS) is 35.8. The average Bonchev–Trinajstić information content (AvgIpc) is 2.45. The molecule has 0 aliphatic heterocycles. The van der Waals surface area contributed by atoms with Crippen molar-refractivity contribution in [1.82, 2.24) is 0 Å². The minimum Gasteiger partial charge on any atom is -0.329 e. The molecule has 1 aliphatic carbocycles. The third kappa shape index (κ3) is 1.97. The van der Waals surface area contributed by atoms with Gasteiger partial charge in [0.05, 0.1) is 0 Å². The van der Waals surface area contributed by atoms with E-state index in [0.29, 0.717) is 4.75 Å². The van der Waals surface area contributed by atoms with Gasteiger partial charge in [-0.05, 0) is 30.9 Å². The third-order valence-corrected chi connectivity index (χ3v) is 5.03. The summed E-state index contributed by atoms with van der Waals surface area (Å²) >= 11 is 2.11. The smallest absolute Gasteiger partial charge is 0.0307 e. The van der Waals surface area contributed by atoms with Crippen LogP contribution in [-0.4, -0.2) is 17.0 Å². The van der Waals surface area contributed by atoms with Gasteiger partial charge in [0.2, 0.25) is 0 Å². The first-order valence-electron chi connectivity index (χ1n) is 5.09. The van der Waals surface area contributed by atoms with Crippen molar-refractivity contribution < 1.29 is 0 Å². The summed E-state index contributed by atoms with van der Waals surface area (Å²) in [7, 11) is 0. The van der Waals surface area contributed by atoms with Crippen molar-refractivity contribution in [2.24, 2.45) is 11.7 Å². The Morgan fingerprint density at radius 3 is 2.75 bits per heavy atom. The average molecular weight is 187 g/mol. The van der Waals surface area contributed by atoms with E-state index >= 15 is 0 Å². The summed E-state index contributed by atoms with van der Waals surface area (Å²) in [6.07, 6.45) is 5.39. The van der Waals surface area contributed by atoms with E-state index in [1.54, 1.807) is 0 Å². The second-order valence-electron chi connectivity index (χ2n) is 3.91. The highest BCUT2D eigenvalue weighted by Crippen LogP contribution is 2.45. The lowest BCUT2D eigenvalue weighted by molar-refractivity contribution is 0.475. The molecule has 2 unspecified atom stereocenters. The minimum absolute atomic E-state index is 0.440. The maximum atomic E-state index is 5.88. The van der Waals surface area contributed by atoms with Crippen LogP contribution >= 0.6 is 11.8 Å². The summed E-state index contributed by atoms with van der Waals surface area (Å²) in [5.74, 6) is 2.11. The van der Waals surface area contributed by atoms with Crippen molar-refractivity contribution in [3.63, 3.8) is 0 Å². The molecule has 12 heavy (non-hydrogen) atoms. The summed E-state index contributed by atoms with van der Waals surface area (Å²) in [5, 5.41) is 0. The molecule has 2 N–H and O–H groups in total. The highest BCUT2D eigenvalue weighted by atomic mass is 32.2. The molecule has 0 aromatic rings. The van der Waals surface area contributed by atoms with Gasteiger partial charge >= 0.3 is 0 Å². The van der Waals surface area contributed by atoms with Crippen LogP contribution in [-0.2, 0) is 0 Å². The summed E-state index contributed by atoms with van der Waals surface area (Å²) in [5.41, 5.74) is 5.88. The maximum Gasteiger partial charge on any atom is 0.0307 e. The summed E-state index contributed by atoms with van der Waals surface area (Å²) in [4.78, 5) is 0. The van der Waals surface area contributed by atoms with Gasteiger partial charge in [-0.3, -0.25) is 0 Å². The fourth-order valence-electron chi connectivity index (χ4n) is 2.10. The predicted molar refractivity (Wildman–Crippen MR) is 57.5 cm³/mol. The summed E-state index contributed by atoms with van der Waals surface area (Å²) in [6.45, 7) is 5.48. The Balaban J connectivity index is 2.49. The number of thioether (sulfide) groups is 1. The molecule has 1 fully saturated rings. The van der Waals surface area contributed by atoms with Crippen LogP contribution in [0.2, 0.25) is 0 Å². The number of hydrogen-bond acceptors (Lipinski definition) is 2. The molecule has 2 heteroatoms. The summed E-state index contributed by atoms with van der Waals surface area (Å²) in [6, 6.07) is 0. The van der Waals surface area contributed by atoms with E-state index in [2.05, 4.69) is 25.6 Å². The molecule has 0 aromatic carbocycles. The zero-order valence-corrected chi connectivity index (χ0v) is 9.12. The molecule has 0 aromatic heterocycles. The van der Waals surface area contributed by atoms with E-state index in [1.807, 2.05) is 0 Å². The molecule has 0 heterocycles. The second-order valence-corrected chi connectivity index (χ2v) is 5.42. The van der Waals surface area contributed by atoms with E-state index in [4.69, 9.17) is 5.73 Å². The Kier molecular flexibility index (Phi) is 3.91. The van der Waals surface area contributed by atoms with Gasteiger partial charge in [0.1, 0.15) is 0 Å². The van der Waals surface area contributed by atoms with Crippen LogP contribution in [0.25, 0.3) is 0 Å². The topological polar surface area (TPSA) is 26.0 Å². The number of nitrogens with two attached hydrogens (primary N) is 1. The molecule has 0 saturated heterocycles.